The molecule has 0 bridgehead atoms. The summed E-state index contributed by atoms with van der Waals surface area (Å²) in [7, 11) is 0. The Hall–Kier alpha value is -4.03. The van der Waals surface area contributed by atoms with Crippen molar-refractivity contribution in [1.29, 1.82) is 0 Å². The average Bonchev–Trinajstić information content (AvgIpc) is 3.40. The van der Waals surface area contributed by atoms with Gasteiger partial charge in [0.25, 0.3) is 5.91 Å². The lowest BCUT2D eigenvalue weighted by Gasteiger charge is -2.38. The van der Waals surface area contributed by atoms with E-state index in [4.69, 9.17) is 10.2 Å². The molecule has 0 aliphatic carbocycles. The van der Waals surface area contributed by atoms with Crippen LogP contribution in [-0.4, -0.2) is 21.8 Å². The Balaban J connectivity index is 1.65. The number of hydrazone groups is 2. The van der Waals surface area contributed by atoms with E-state index in [9.17, 15) is 4.79 Å². The van der Waals surface area contributed by atoms with Crippen LogP contribution in [0.4, 0.5) is 11.4 Å². The van der Waals surface area contributed by atoms with Crippen molar-refractivity contribution in [2.24, 2.45) is 10.2 Å². The van der Waals surface area contributed by atoms with E-state index in [-0.39, 0.29) is 5.91 Å². The summed E-state index contributed by atoms with van der Waals surface area (Å²) in [4.78, 5) is 14.7. The number of hydrogen-bond acceptors (Lipinski definition) is 4. The van der Waals surface area contributed by atoms with E-state index < -0.39 is 11.5 Å². The molecule has 6 rings (SSSR count). The summed E-state index contributed by atoms with van der Waals surface area (Å²) in [6.07, 6.45) is 0. The smallest absolute Gasteiger partial charge is 0.269 e. The minimum Gasteiger partial charge on any atom is -0.269 e. The van der Waals surface area contributed by atoms with Crippen molar-refractivity contribution < 1.29 is 4.79 Å². The topological polar surface area (TPSA) is 48.3 Å². The van der Waals surface area contributed by atoms with E-state index >= 15 is 0 Å². The number of carbonyl (C=O) groups excluding carboxylic acids is 1. The van der Waals surface area contributed by atoms with Gasteiger partial charge in [-0.2, -0.15) is 15.2 Å². The maximum Gasteiger partial charge on any atom is 0.282 e. The third-order valence-corrected chi connectivity index (χ3v) is 7.06. The van der Waals surface area contributed by atoms with Crippen LogP contribution >= 0.6 is 15.9 Å². The Morgan fingerprint density at radius 3 is 1.77 bits per heavy atom. The zero-order valence-corrected chi connectivity index (χ0v) is 20.3. The lowest BCUT2D eigenvalue weighted by Crippen LogP contribution is -2.60. The van der Waals surface area contributed by atoms with Gasteiger partial charge in [-0.3, -0.25) is 4.79 Å². The molecule has 0 aromatic heterocycles. The number of rotatable bonds is 4. The molecule has 0 saturated carbocycles. The highest BCUT2D eigenvalue weighted by Crippen LogP contribution is 2.50. The van der Waals surface area contributed by atoms with Crippen LogP contribution in [0.15, 0.2) is 132 Å². The van der Waals surface area contributed by atoms with Gasteiger partial charge in [-0.15, -0.1) is 0 Å². The van der Waals surface area contributed by atoms with Crippen LogP contribution in [0.5, 0.6) is 0 Å². The largest absolute Gasteiger partial charge is 0.282 e. The molecule has 2 unspecified atom stereocenters. The Kier molecular flexibility index (Phi) is 5.30. The molecule has 2 aliphatic rings. The fourth-order valence-corrected chi connectivity index (χ4v) is 5.69. The van der Waals surface area contributed by atoms with Gasteiger partial charge >= 0.3 is 0 Å². The molecule has 4 aromatic rings. The normalized spacial score (nSPS) is 21.4. The SMILES string of the molecule is O=C1N(c2ccccc2)N=C(c2ccccc2)C12C(c1ccccc1)C(Br)=NN2c1ccccc1. The number of benzene rings is 4. The number of nitrogens with zero attached hydrogens (tertiary/aromatic N) is 4. The Bertz CT molecular complexity index is 1430. The summed E-state index contributed by atoms with van der Waals surface area (Å²) >= 11 is 3.75. The molecule has 0 radical (unpaired) electrons. The van der Waals surface area contributed by atoms with Crippen LogP contribution < -0.4 is 10.0 Å². The van der Waals surface area contributed by atoms with Crippen molar-refractivity contribution in [2.45, 2.75) is 11.5 Å². The lowest BCUT2D eigenvalue weighted by atomic mass is 9.74. The van der Waals surface area contributed by atoms with Crippen molar-refractivity contribution in [2.75, 3.05) is 10.0 Å². The van der Waals surface area contributed by atoms with Crippen molar-refractivity contribution >= 4 is 43.5 Å². The minimum absolute atomic E-state index is 0.154. The standard InChI is InChI=1S/C29H21BrN4O/c30-27-25(21-13-5-1-6-14-21)29(34(32-27)24-19-11-4-12-20-24)26(22-15-7-2-8-16-22)31-33(28(29)35)23-17-9-3-10-18-23/h1-20,25H. The van der Waals surface area contributed by atoms with Crippen molar-refractivity contribution in [1.82, 2.24) is 0 Å². The van der Waals surface area contributed by atoms with Gasteiger partial charge in [-0.1, -0.05) is 97.1 Å². The number of carbonyl (C=O) groups is 1. The van der Waals surface area contributed by atoms with Crippen molar-refractivity contribution in [3.05, 3.63) is 132 Å². The molecule has 0 fully saturated rings. The van der Waals surface area contributed by atoms with E-state index in [0.717, 1.165) is 16.8 Å². The molecule has 2 heterocycles. The van der Waals surface area contributed by atoms with Gasteiger partial charge in [-0.05, 0) is 45.8 Å². The maximum atomic E-state index is 14.7. The molecule has 170 valence electrons. The van der Waals surface area contributed by atoms with Gasteiger partial charge < -0.3 is 0 Å². The van der Waals surface area contributed by atoms with E-state index in [2.05, 4.69) is 15.9 Å². The highest BCUT2D eigenvalue weighted by atomic mass is 79.9. The summed E-state index contributed by atoms with van der Waals surface area (Å²) < 4.78 is 0.680. The van der Waals surface area contributed by atoms with Gasteiger partial charge in [0, 0.05) is 5.56 Å². The monoisotopic (exact) mass is 520 g/mol. The summed E-state index contributed by atoms with van der Waals surface area (Å²) in [5.41, 5.74) is 2.81. The molecule has 0 saturated heterocycles. The van der Waals surface area contributed by atoms with Gasteiger partial charge in [0.05, 0.1) is 17.3 Å². The fraction of sp³-hybridized carbons (Fsp3) is 0.0690. The number of anilines is 2. The quantitative estimate of drug-likeness (QED) is 0.322. The summed E-state index contributed by atoms with van der Waals surface area (Å²) in [6.45, 7) is 0. The summed E-state index contributed by atoms with van der Waals surface area (Å²) in [5, 5.41) is 13.3. The zero-order chi connectivity index (χ0) is 23.8. The first-order valence-corrected chi connectivity index (χ1v) is 12.2. The summed E-state index contributed by atoms with van der Waals surface area (Å²) in [6, 6.07) is 39.3. The van der Waals surface area contributed by atoms with Crippen LogP contribution in [0.1, 0.15) is 17.0 Å². The molecule has 1 spiro atoms. The second-order valence-corrected chi connectivity index (χ2v) is 9.26. The van der Waals surface area contributed by atoms with Crippen LogP contribution in [0, 0.1) is 0 Å². The Morgan fingerprint density at radius 1 is 0.657 bits per heavy atom. The lowest BCUT2D eigenvalue weighted by molar-refractivity contribution is -0.120. The Morgan fingerprint density at radius 2 is 1.17 bits per heavy atom. The predicted molar refractivity (Wildman–Crippen MR) is 144 cm³/mol. The first-order valence-electron chi connectivity index (χ1n) is 11.4. The number of para-hydroxylation sites is 2. The second-order valence-electron chi connectivity index (χ2n) is 8.45. The fourth-order valence-electron chi connectivity index (χ4n) is 4.94. The molecule has 2 aliphatic heterocycles. The van der Waals surface area contributed by atoms with Crippen LogP contribution in [0.3, 0.4) is 0 Å². The first-order chi connectivity index (χ1) is 17.2. The molecule has 35 heavy (non-hydrogen) atoms. The second kappa shape index (κ2) is 8.64. The van der Waals surface area contributed by atoms with Crippen molar-refractivity contribution in [3.8, 4) is 0 Å². The Labute approximate surface area is 212 Å². The van der Waals surface area contributed by atoms with Crippen LogP contribution in [0.25, 0.3) is 0 Å². The minimum atomic E-state index is -1.22. The molecular weight excluding hydrogens is 500 g/mol. The van der Waals surface area contributed by atoms with Crippen LogP contribution in [-0.2, 0) is 4.79 Å². The van der Waals surface area contributed by atoms with E-state index in [1.54, 1.807) is 0 Å². The predicted octanol–water partition coefficient (Wildman–Crippen LogP) is 6.19. The van der Waals surface area contributed by atoms with Gasteiger partial charge in [-0.25, -0.2) is 5.01 Å². The van der Waals surface area contributed by atoms with E-state index in [0.29, 0.717) is 16.0 Å². The third kappa shape index (κ3) is 3.33. The maximum absolute atomic E-state index is 14.7. The highest BCUT2D eigenvalue weighted by Gasteiger charge is 2.65. The van der Waals surface area contributed by atoms with Crippen molar-refractivity contribution in [3.63, 3.8) is 0 Å². The third-order valence-electron chi connectivity index (χ3n) is 6.45. The number of amides is 1. The number of hydrogen-bond donors (Lipinski definition) is 0. The van der Waals surface area contributed by atoms with Gasteiger partial charge in [0.2, 0.25) is 5.54 Å². The highest BCUT2D eigenvalue weighted by molar-refractivity contribution is 9.18. The average molecular weight is 521 g/mol. The molecule has 6 heteroatoms. The van der Waals surface area contributed by atoms with Gasteiger partial charge in [0.15, 0.2) is 0 Å². The molecule has 4 aromatic carbocycles. The molecule has 5 nitrogen and oxygen atoms in total. The van der Waals surface area contributed by atoms with E-state index in [1.165, 1.54) is 5.01 Å². The molecular formula is C29H21BrN4O. The first kappa shape index (κ1) is 21.5. The zero-order valence-electron chi connectivity index (χ0n) is 18.7. The van der Waals surface area contributed by atoms with E-state index in [1.807, 2.05) is 126 Å². The van der Waals surface area contributed by atoms with Crippen LogP contribution in [0.2, 0.25) is 0 Å². The molecule has 2 atom stereocenters. The summed E-state index contributed by atoms with van der Waals surface area (Å²) in [5.74, 6) is -0.553. The van der Waals surface area contributed by atoms with Gasteiger partial charge in [0.1, 0.15) is 10.3 Å². The molecule has 1 amide bonds. The molecule has 0 N–H and O–H groups in total. The number of halogens is 1.